The molecule has 1 amide bonds. The largest absolute Gasteiger partial charge is 0.385 e. The highest BCUT2D eigenvalue weighted by Gasteiger charge is 2.10. The van der Waals surface area contributed by atoms with E-state index >= 15 is 0 Å². The topological polar surface area (TPSA) is 76.1 Å². The van der Waals surface area contributed by atoms with Gasteiger partial charge in [-0.3, -0.25) is 4.79 Å². The highest BCUT2D eigenvalue weighted by Crippen LogP contribution is 2.06. The second kappa shape index (κ2) is 8.47. The van der Waals surface area contributed by atoms with E-state index in [1.807, 2.05) is 6.92 Å². The van der Waals surface area contributed by atoms with Crippen molar-refractivity contribution in [2.75, 3.05) is 32.1 Å². The summed E-state index contributed by atoms with van der Waals surface area (Å²) in [5.41, 5.74) is 1.16. The molecule has 6 nitrogen and oxygen atoms in total. The predicted molar refractivity (Wildman–Crippen MR) is 78.9 cm³/mol. The van der Waals surface area contributed by atoms with Crippen molar-refractivity contribution in [1.82, 2.24) is 15.3 Å². The number of carbonyl (C=O) groups is 1. The first-order valence-electron chi connectivity index (χ1n) is 6.89. The van der Waals surface area contributed by atoms with Crippen LogP contribution in [0.1, 0.15) is 36.5 Å². The third-order valence-electron chi connectivity index (χ3n) is 2.57. The van der Waals surface area contributed by atoms with Crippen LogP contribution in [-0.4, -0.2) is 42.7 Å². The molecule has 0 atom stereocenters. The quantitative estimate of drug-likeness (QED) is 0.708. The van der Waals surface area contributed by atoms with Crippen molar-refractivity contribution in [1.29, 1.82) is 0 Å². The molecule has 1 aromatic rings. The lowest BCUT2D eigenvalue weighted by Crippen LogP contribution is -2.26. The summed E-state index contributed by atoms with van der Waals surface area (Å²) in [7, 11) is 1.64. The van der Waals surface area contributed by atoms with Gasteiger partial charge in [-0.05, 0) is 25.3 Å². The van der Waals surface area contributed by atoms with E-state index in [0.29, 0.717) is 30.7 Å². The number of methoxy groups -OCH3 is 1. The molecule has 0 aliphatic rings. The zero-order valence-electron chi connectivity index (χ0n) is 12.7. The predicted octanol–water partition coefficient (Wildman–Crippen LogP) is 1.62. The van der Waals surface area contributed by atoms with Gasteiger partial charge in [-0.2, -0.15) is 0 Å². The fraction of sp³-hybridized carbons (Fsp3) is 0.643. The summed E-state index contributed by atoms with van der Waals surface area (Å²) >= 11 is 0. The highest BCUT2D eigenvalue weighted by atomic mass is 16.5. The molecular formula is C14H24N4O2. The van der Waals surface area contributed by atoms with Crippen molar-refractivity contribution in [2.24, 2.45) is 5.92 Å². The summed E-state index contributed by atoms with van der Waals surface area (Å²) in [6, 6.07) is 1.69. The lowest BCUT2D eigenvalue weighted by Gasteiger charge is -2.10. The maximum absolute atomic E-state index is 12.0. The summed E-state index contributed by atoms with van der Waals surface area (Å²) in [5, 5.41) is 5.95. The van der Waals surface area contributed by atoms with Crippen LogP contribution in [0.15, 0.2) is 6.07 Å². The Kier molecular flexibility index (Phi) is 6.93. The number of aryl methyl sites for hydroxylation is 1. The zero-order valence-corrected chi connectivity index (χ0v) is 12.7. The van der Waals surface area contributed by atoms with Gasteiger partial charge in [0.1, 0.15) is 5.69 Å². The molecule has 0 saturated carbocycles. The summed E-state index contributed by atoms with van der Waals surface area (Å²) < 4.78 is 4.93. The lowest BCUT2D eigenvalue weighted by atomic mass is 10.2. The SMILES string of the molecule is COCCCNC(=O)c1cc(C)nc(NCC(C)C)n1. The van der Waals surface area contributed by atoms with Gasteiger partial charge in [0, 0.05) is 32.5 Å². The van der Waals surface area contributed by atoms with Gasteiger partial charge in [0.2, 0.25) is 5.95 Å². The highest BCUT2D eigenvalue weighted by molar-refractivity contribution is 5.92. The Morgan fingerprint density at radius 1 is 1.40 bits per heavy atom. The number of hydrogen-bond donors (Lipinski definition) is 2. The van der Waals surface area contributed by atoms with Crippen LogP contribution in [0.3, 0.4) is 0 Å². The Labute approximate surface area is 120 Å². The Bertz CT molecular complexity index is 435. The van der Waals surface area contributed by atoms with E-state index in [2.05, 4.69) is 34.4 Å². The number of rotatable bonds is 8. The Morgan fingerprint density at radius 2 is 2.15 bits per heavy atom. The van der Waals surface area contributed by atoms with Gasteiger partial charge in [-0.15, -0.1) is 0 Å². The molecule has 0 spiro atoms. The van der Waals surface area contributed by atoms with E-state index in [-0.39, 0.29) is 5.91 Å². The van der Waals surface area contributed by atoms with E-state index in [1.165, 1.54) is 0 Å². The molecule has 0 unspecified atom stereocenters. The van der Waals surface area contributed by atoms with Gasteiger partial charge >= 0.3 is 0 Å². The number of carbonyl (C=O) groups excluding carboxylic acids is 1. The molecule has 0 bridgehead atoms. The fourth-order valence-electron chi connectivity index (χ4n) is 1.57. The first-order chi connectivity index (χ1) is 9.52. The minimum atomic E-state index is -0.181. The number of aromatic nitrogens is 2. The first kappa shape index (κ1) is 16.4. The number of nitrogens with one attached hydrogen (secondary N) is 2. The zero-order chi connectivity index (χ0) is 15.0. The third kappa shape index (κ3) is 5.97. The van der Waals surface area contributed by atoms with Gasteiger partial charge in [-0.25, -0.2) is 9.97 Å². The van der Waals surface area contributed by atoms with Crippen molar-refractivity contribution < 1.29 is 9.53 Å². The molecule has 0 saturated heterocycles. The molecular weight excluding hydrogens is 256 g/mol. The van der Waals surface area contributed by atoms with Gasteiger partial charge in [-0.1, -0.05) is 13.8 Å². The average Bonchev–Trinajstić information content (AvgIpc) is 2.40. The van der Waals surface area contributed by atoms with Crippen molar-refractivity contribution in [3.05, 3.63) is 17.5 Å². The lowest BCUT2D eigenvalue weighted by molar-refractivity contribution is 0.0943. The second-order valence-electron chi connectivity index (χ2n) is 5.10. The molecule has 0 fully saturated rings. The van der Waals surface area contributed by atoms with Crippen molar-refractivity contribution in [3.8, 4) is 0 Å². The minimum Gasteiger partial charge on any atom is -0.385 e. The minimum absolute atomic E-state index is 0.181. The summed E-state index contributed by atoms with van der Waals surface area (Å²) in [6.45, 7) is 8.04. The molecule has 0 aromatic carbocycles. The summed E-state index contributed by atoms with van der Waals surface area (Å²) in [4.78, 5) is 20.5. The van der Waals surface area contributed by atoms with Crippen LogP contribution in [-0.2, 0) is 4.74 Å². The van der Waals surface area contributed by atoms with E-state index < -0.39 is 0 Å². The van der Waals surface area contributed by atoms with Crippen LogP contribution in [0, 0.1) is 12.8 Å². The normalized spacial score (nSPS) is 10.7. The molecule has 112 valence electrons. The second-order valence-corrected chi connectivity index (χ2v) is 5.10. The Morgan fingerprint density at radius 3 is 2.80 bits per heavy atom. The maximum atomic E-state index is 12.0. The van der Waals surface area contributed by atoms with E-state index in [1.54, 1.807) is 13.2 Å². The average molecular weight is 280 g/mol. The van der Waals surface area contributed by atoms with Gasteiger partial charge in [0.15, 0.2) is 0 Å². The molecule has 6 heteroatoms. The number of nitrogens with zero attached hydrogens (tertiary/aromatic N) is 2. The van der Waals surface area contributed by atoms with Crippen LogP contribution in [0.25, 0.3) is 0 Å². The smallest absolute Gasteiger partial charge is 0.270 e. The number of anilines is 1. The van der Waals surface area contributed by atoms with Crippen molar-refractivity contribution in [2.45, 2.75) is 27.2 Å². The molecule has 20 heavy (non-hydrogen) atoms. The van der Waals surface area contributed by atoms with E-state index in [9.17, 15) is 4.79 Å². The van der Waals surface area contributed by atoms with Crippen LogP contribution in [0.5, 0.6) is 0 Å². The van der Waals surface area contributed by atoms with Gasteiger partial charge in [0.05, 0.1) is 0 Å². The fourth-order valence-corrected chi connectivity index (χ4v) is 1.57. The molecule has 2 N–H and O–H groups in total. The number of amides is 1. The summed E-state index contributed by atoms with van der Waals surface area (Å²) in [6.07, 6.45) is 0.783. The standard InChI is InChI=1S/C14H24N4O2/c1-10(2)9-16-14-17-11(3)8-12(18-14)13(19)15-6-5-7-20-4/h8,10H,5-7,9H2,1-4H3,(H,15,19)(H,16,17,18). The monoisotopic (exact) mass is 280 g/mol. The molecule has 1 aromatic heterocycles. The molecule has 0 aliphatic heterocycles. The number of hydrogen-bond acceptors (Lipinski definition) is 5. The van der Waals surface area contributed by atoms with Crippen LogP contribution in [0.2, 0.25) is 0 Å². The van der Waals surface area contributed by atoms with E-state index in [4.69, 9.17) is 4.74 Å². The number of ether oxygens (including phenoxy) is 1. The maximum Gasteiger partial charge on any atom is 0.270 e. The molecule has 0 aliphatic carbocycles. The Hall–Kier alpha value is -1.69. The molecule has 1 heterocycles. The molecule has 1 rings (SSSR count). The summed E-state index contributed by atoms with van der Waals surface area (Å²) in [5.74, 6) is 0.811. The first-order valence-corrected chi connectivity index (χ1v) is 6.89. The Balaban J connectivity index is 2.62. The van der Waals surface area contributed by atoms with Gasteiger partial charge in [0.25, 0.3) is 5.91 Å². The van der Waals surface area contributed by atoms with Gasteiger partial charge < -0.3 is 15.4 Å². The van der Waals surface area contributed by atoms with Crippen molar-refractivity contribution >= 4 is 11.9 Å². The van der Waals surface area contributed by atoms with Crippen molar-refractivity contribution in [3.63, 3.8) is 0 Å². The molecule has 0 radical (unpaired) electrons. The third-order valence-corrected chi connectivity index (χ3v) is 2.57. The van der Waals surface area contributed by atoms with Crippen LogP contribution in [0.4, 0.5) is 5.95 Å². The van der Waals surface area contributed by atoms with Crippen LogP contribution >= 0.6 is 0 Å². The van der Waals surface area contributed by atoms with E-state index in [0.717, 1.165) is 18.7 Å². The van der Waals surface area contributed by atoms with Crippen LogP contribution < -0.4 is 10.6 Å².